The third-order valence-electron chi connectivity index (χ3n) is 4.75. The second-order valence-electron chi connectivity index (χ2n) is 6.46. The van der Waals surface area contributed by atoms with Crippen LogP contribution in [-0.2, 0) is 4.74 Å². The quantitative estimate of drug-likeness (QED) is 0.854. The van der Waals surface area contributed by atoms with Crippen LogP contribution < -0.4 is 10.5 Å². The lowest BCUT2D eigenvalue weighted by Gasteiger charge is -2.24. The van der Waals surface area contributed by atoms with Crippen LogP contribution in [0.1, 0.15) is 49.7 Å². The minimum atomic E-state index is 0.194. The highest BCUT2D eigenvalue weighted by Crippen LogP contribution is 2.43. The zero-order chi connectivity index (χ0) is 14.2. The van der Waals surface area contributed by atoms with Crippen LogP contribution in [0.5, 0.6) is 5.75 Å². The van der Waals surface area contributed by atoms with Crippen molar-refractivity contribution in [2.24, 2.45) is 0 Å². The number of anilines is 1. The van der Waals surface area contributed by atoms with Crippen LogP contribution >= 0.6 is 0 Å². The van der Waals surface area contributed by atoms with Crippen molar-refractivity contribution in [2.75, 3.05) is 12.3 Å². The van der Waals surface area contributed by atoms with Gasteiger partial charge in [0.15, 0.2) is 0 Å². The van der Waals surface area contributed by atoms with Gasteiger partial charge in [0.1, 0.15) is 12.4 Å². The lowest BCUT2D eigenvalue weighted by molar-refractivity contribution is -0.0510. The van der Waals surface area contributed by atoms with E-state index in [-0.39, 0.29) is 11.7 Å². The summed E-state index contributed by atoms with van der Waals surface area (Å²) >= 11 is 0. The van der Waals surface area contributed by atoms with E-state index in [0.29, 0.717) is 6.61 Å². The van der Waals surface area contributed by atoms with Crippen LogP contribution in [0.4, 0.5) is 5.69 Å². The molecule has 3 rings (SSSR count). The van der Waals surface area contributed by atoms with E-state index in [1.54, 1.807) is 0 Å². The van der Waals surface area contributed by atoms with Gasteiger partial charge in [-0.2, -0.15) is 0 Å². The SMILES string of the molecule is Cc1cc(N)cc(C)c1OCC1CCC2(CCCC2)O1. The minimum Gasteiger partial charge on any atom is -0.490 e. The van der Waals surface area contributed by atoms with Crippen LogP contribution in [0.15, 0.2) is 12.1 Å². The van der Waals surface area contributed by atoms with Gasteiger partial charge in [-0.25, -0.2) is 0 Å². The van der Waals surface area contributed by atoms with Crippen LogP contribution in [0.25, 0.3) is 0 Å². The molecule has 1 aliphatic heterocycles. The van der Waals surface area contributed by atoms with Crippen molar-refractivity contribution in [1.82, 2.24) is 0 Å². The summed E-state index contributed by atoms with van der Waals surface area (Å²) in [4.78, 5) is 0. The average molecular weight is 275 g/mol. The first kappa shape index (κ1) is 13.7. The number of hydrogen-bond donors (Lipinski definition) is 1. The largest absolute Gasteiger partial charge is 0.490 e. The summed E-state index contributed by atoms with van der Waals surface area (Å²) in [7, 11) is 0. The zero-order valence-corrected chi connectivity index (χ0v) is 12.6. The van der Waals surface area contributed by atoms with Crippen molar-refractivity contribution >= 4 is 5.69 Å². The first-order valence-corrected chi connectivity index (χ1v) is 7.75. The maximum atomic E-state index is 6.29. The topological polar surface area (TPSA) is 44.5 Å². The molecule has 1 aromatic carbocycles. The molecule has 0 radical (unpaired) electrons. The second-order valence-corrected chi connectivity index (χ2v) is 6.46. The van der Waals surface area contributed by atoms with Crippen molar-refractivity contribution in [3.63, 3.8) is 0 Å². The number of nitrogens with two attached hydrogens (primary N) is 1. The fourth-order valence-electron chi connectivity index (χ4n) is 3.79. The molecule has 1 spiro atoms. The highest BCUT2D eigenvalue weighted by atomic mass is 16.6. The number of rotatable bonds is 3. The Morgan fingerprint density at radius 1 is 1.20 bits per heavy atom. The molecule has 2 fully saturated rings. The third kappa shape index (κ3) is 2.64. The molecule has 2 N–H and O–H groups in total. The Morgan fingerprint density at radius 2 is 1.85 bits per heavy atom. The molecule has 0 aromatic heterocycles. The maximum absolute atomic E-state index is 6.29. The fraction of sp³-hybridized carbons (Fsp3) is 0.647. The van der Waals surface area contributed by atoms with Gasteiger partial charge >= 0.3 is 0 Å². The minimum absolute atomic E-state index is 0.194. The molecule has 0 bridgehead atoms. The monoisotopic (exact) mass is 275 g/mol. The lowest BCUT2D eigenvalue weighted by atomic mass is 9.98. The molecule has 1 heterocycles. The van der Waals surface area contributed by atoms with Crippen molar-refractivity contribution in [3.8, 4) is 5.75 Å². The van der Waals surface area contributed by atoms with Crippen LogP contribution in [0, 0.1) is 13.8 Å². The normalized spacial score (nSPS) is 24.4. The summed E-state index contributed by atoms with van der Waals surface area (Å²) < 4.78 is 12.3. The van der Waals surface area contributed by atoms with E-state index in [2.05, 4.69) is 0 Å². The first-order valence-electron chi connectivity index (χ1n) is 7.75. The van der Waals surface area contributed by atoms with Crippen molar-refractivity contribution < 1.29 is 9.47 Å². The number of benzene rings is 1. The van der Waals surface area contributed by atoms with Crippen LogP contribution in [0.3, 0.4) is 0 Å². The predicted molar refractivity (Wildman–Crippen MR) is 81.1 cm³/mol. The van der Waals surface area contributed by atoms with E-state index in [1.165, 1.54) is 32.1 Å². The van der Waals surface area contributed by atoms with E-state index >= 15 is 0 Å². The summed E-state index contributed by atoms with van der Waals surface area (Å²) in [5.74, 6) is 0.968. The molecule has 1 atom stereocenters. The number of ether oxygens (including phenoxy) is 2. The van der Waals surface area contributed by atoms with Gasteiger partial charge in [-0.05, 0) is 62.8 Å². The Bertz CT molecular complexity index is 469. The van der Waals surface area contributed by atoms with Crippen molar-refractivity contribution in [2.45, 2.75) is 64.1 Å². The smallest absolute Gasteiger partial charge is 0.125 e. The van der Waals surface area contributed by atoms with Crippen LogP contribution in [-0.4, -0.2) is 18.3 Å². The van der Waals surface area contributed by atoms with Gasteiger partial charge in [-0.15, -0.1) is 0 Å². The van der Waals surface area contributed by atoms with Gasteiger partial charge in [-0.3, -0.25) is 0 Å². The molecule has 2 aliphatic rings. The zero-order valence-electron chi connectivity index (χ0n) is 12.6. The third-order valence-corrected chi connectivity index (χ3v) is 4.75. The number of aryl methyl sites for hydroxylation is 2. The molecule has 110 valence electrons. The molecule has 1 saturated heterocycles. The van der Waals surface area contributed by atoms with Crippen LogP contribution in [0.2, 0.25) is 0 Å². The van der Waals surface area contributed by atoms with Gasteiger partial charge in [-0.1, -0.05) is 12.8 Å². The molecular formula is C17H25NO2. The number of nitrogen functional groups attached to an aromatic ring is 1. The van der Waals surface area contributed by atoms with Gasteiger partial charge < -0.3 is 15.2 Å². The van der Waals surface area contributed by atoms with E-state index < -0.39 is 0 Å². The Hall–Kier alpha value is -1.22. The molecule has 3 heteroatoms. The van der Waals surface area contributed by atoms with Gasteiger partial charge in [0.25, 0.3) is 0 Å². The standard InChI is InChI=1S/C17H25NO2/c1-12-9-14(18)10-13(2)16(12)19-11-15-5-8-17(20-15)6-3-4-7-17/h9-10,15H,3-8,11,18H2,1-2H3. The van der Waals surface area contributed by atoms with E-state index in [1.807, 2.05) is 26.0 Å². The molecule has 1 aromatic rings. The Morgan fingerprint density at radius 3 is 2.50 bits per heavy atom. The van der Waals surface area contributed by atoms with E-state index in [0.717, 1.165) is 29.0 Å². The molecule has 3 nitrogen and oxygen atoms in total. The maximum Gasteiger partial charge on any atom is 0.125 e. The fourth-order valence-corrected chi connectivity index (χ4v) is 3.79. The summed E-state index contributed by atoms with van der Waals surface area (Å²) in [6.45, 7) is 4.76. The molecular weight excluding hydrogens is 250 g/mol. The molecule has 20 heavy (non-hydrogen) atoms. The second kappa shape index (κ2) is 5.28. The highest BCUT2D eigenvalue weighted by Gasteiger charge is 2.42. The average Bonchev–Trinajstić information content (AvgIpc) is 2.99. The van der Waals surface area contributed by atoms with Gasteiger partial charge in [0, 0.05) is 5.69 Å². The van der Waals surface area contributed by atoms with E-state index in [9.17, 15) is 0 Å². The van der Waals surface area contributed by atoms with Crippen molar-refractivity contribution in [1.29, 1.82) is 0 Å². The molecule has 1 aliphatic carbocycles. The summed E-state index contributed by atoms with van der Waals surface area (Å²) in [5, 5.41) is 0. The summed E-state index contributed by atoms with van der Waals surface area (Å²) in [6, 6.07) is 3.94. The molecule has 0 amide bonds. The molecule has 1 unspecified atom stereocenters. The number of hydrogen-bond acceptors (Lipinski definition) is 3. The predicted octanol–water partition coefficient (Wildman–Crippen LogP) is 3.76. The first-order chi connectivity index (χ1) is 9.58. The Kier molecular flexibility index (Phi) is 3.63. The molecule has 1 saturated carbocycles. The highest BCUT2D eigenvalue weighted by molar-refractivity contribution is 5.52. The van der Waals surface area contributed by atoms with Gasteiger partial charge in [0.05, 0.1) is 11.7 Å². The Labute approximate surface area is 121 Å². The van der Waals surface area contributed by atoms with Crippen molar-refractivity contribution in [3.05, 3.63) is 23.3 Å². The van der Waals surface area contributed by atoms with Gasteiger partial charge in [0.2, 0.25) is 0 Å². The Balaban J connectivity index is 1.61. The lowest BCUT2D eigenvalue weighted by Crippen LogP contribution is -2.27. The summed E-state index contributed by atoms with van der Waals surface area (Å²) in [5.41, 5.74) is 9.05. The van der Waals surface area contributed by atoms with E-state index in [4.69, 9.17) is 15.2 Å². The summed E-state index contributed by atoms with van der Waals surface area (Å²) in [6.07, 6.45) is 7.72.